The highest BCUT2D eigenvalue weighted by molar-refractivity contribution is 7.91. The van der Waals surface area contributed by atoms with Crippen molar-refractivity contribution in [2.45, 2.75) is 35.1 Å². The van der Waals surface area contributed by atoms with Gasteiger partial charge in [0.05, 0.1) is 12.0 Å². The maximum atomic E-state index is 13.2. The van der Waals surface area contributed by atoms with E-state index in [9.17, 15) is 16.8 Å². The van der Waals surface area contributed by atoms with E-state index in [4.69, 9.17) is 10.5 Å². The lowest BCUT2D eigenvalue weighted by molar-refractivity contribution is 0.260. The molecule has 3 unspecified atom stereocenters. The van der Waals surface area contributed by atoms with Crippen LogP contribution in [0.1, 0.15) is 19.3 Å². The first-order valence-electron chi connectivity index (χ1n) is 8.28. The highest BCUT2D eigenvalue weighted by Gasteiger charge is 2.44. The van der Waals surface area contributed by atoms with E-state index in [1.807, 2.05) is 0 Å². The summed E-state index contributed by atoms with van der Waals surface area (Å²) in [5.74, 6) is 0.571. The smallest absolute Gasteiger partial charge is 0.246 e. The van der Waals surface area contributed by atoms with Crippen LogP contribution in [0.3, 0.4) is 0 Å². The second-order valence-electron chi connectivity index (χ2n) is 6.93. The van der Waals surface area contributed by atoms with E-state index in [1.54, 1.807) is 0 Å². The topological polar surface area (TPSA) is 107 Å². The first-order valence-corrected chi connectivity index (χ1v) is 11.6. The minimum atomic E-state index is -3.86. The van der Waals surface area contributed by atoms with Gasteiger partial charge in [0, 0.05) is 25.4 Å². The Bertz CT molecular complexity index is 873. The van der Waals surface area contributed by atoms with Crippen LogP contribution in [0, 0.1) is 11.8 Å². The van der Waals surface area contributed by atoms with E-state index >= 15 is 0 Å². The van der Waals surface area contributed by atoms with E-state index < -0.39 is 19.9 Å². The van der Waals surface area contributed by atoms with Crippen LogP contribution in [0.25, 0.3) is 0 Å². The van der Waals surface area contributed by atoms with Crippen LogP contribution in [-0.2, 0) is 19.9 Å². The Morgan fingerprint density at radius 1 is 1.15 bits per heavy atom. The molecule has 1 aromatic rings. The van der Waals surface area contributed by atoms with Crippen molar-refractivity contribution in [2.24, 2.45) is 17.6 Å². The Kier molecular flexibility index (Phi) is 6.29. The fourth-order valence-electron chi connectivity index (χ4n) is 3.90. The van der Waals surface area contributed by atoms with Crippen LogP contribution in [-0.4, -0.2) is 53.6 Å². The molecule has 3 atom stereocenters. The third-order valence-corrected chi connectivity index (χ3v) is 8.26. The van der Waals surface area contributed by atoms with Gasteiger partial charge in [-0.3, -0.25) is 0 Å². The van der Waals surface area contributed by atoms with E-state index in [1.165, 1.54) is 29.6 Å². The van der Waals surface area contributed by atoms with Gasteiger partial charge in [0.25, 0.3) is 0 Å². The molecule has 1 aromatic carbocycles. The second kappa shape index (κ2) is 7.63. The molecule has 0 spiro atoms. The van der Waals surface area contributed by atoms with Crippen LogP contribution in [0.2, 0.25) is 0 Å². The summed E-state index contributed by atoms with van der Waals surface area (Å²) in [6.07, 6.45) is 3.96. The zero-order valence-electron chi connectivity index (χ0n) is 14.8. The number of rotatable bonds is 4. The summed E-state index contributed by atoms with van der Waals surface area (Å²) in [6, 6.07) is 3.94. The molecule has 1 saturated carbocycles. The van der Waals surface area contributed by atoms with Gasteiger partial charge in [0.2, 0.25) is 10.0 Å². The first kappa shape index (κ1) is 21.4. The number of hydrogen-bond acceptors (Lipinski definition) is 6. The third-order valence-electron chi connectivity index (χ3n) is 5.30. The van der Waals surface area contributed by atoms with Crippen molar-refractivity contribution in [3.8, 4) is 5.75 Å². The molecular formula is C16H25ClN2O5S2. The van der Waals surface area contributed by atoms with Gasteiger partial charge in [-0.25, -0.2) is 16.8 Å². The van der Waals surface area contributed by atoms with Crippen molar-refractivity contribution < 1.29 is 21.6 Å². The van der Waals surface area contributed by atoms with Crippen molar-refractivity contribution in [1.82, 2.24) is 4.31 Å². The van der Waals surface area contributed by atoms with Crippen LogP contribution in [0.4, 0.5) is 0 Å². The van der Waals surface area contributed by atoms with Gasteiger partial charge in [-0.2, -0.15) is 4.31 Å². The van der Waals surface area contributed by atoms with Gasteiger partial charge in [-0.15, -0.1) is 12.4 Å². The summed E-state index contributed by atoms with van der Waals surface area (Å²) in [4.78, 5) is -0.148. The quantitative estimate of drug-likeness (QED) is 0.779. The average molecular weight is 425 g/mol. The van der Waals surface area contributed by atoms with Gasteiger partial charge in [-0.05, 0) is 42.9 Å². The molecule has 0 aromatic heterocycles. The number of methoxy groups -OCH3 is 1. The highest BCUT2D eigenvalue weighted by Crippen LogP contribution is 2.39. The number of hydrogen-bond donors (Lipinski definition) is 1. The summed E-state index contributed by atoms with van der Waals surface area (Å²) in [5, 5.41) is 0. The van der Waals surface area contributed by atoms with E-state index in [2.05, 4.69) is 0 Å². The van der Waals surface area contributed by atoms with Crippen molar-refractivity contribution in [2.75, 3.05) is 26.5 Å². The van der Waals surface area contributed by atoms with Gasteiger partial charge in [0.15, 0.2) is 9.84 Å². The monoisotopic (exact) mass is 424 g/mol. The van der Waals surface area contributed by atoms with Crippen molar-refractivity contribution in [1.29, 1.82) is 0 Å². The Morgan fingerprint density at radius 3 is 2.42 bits per heavy atom. The molecule has 2 N–H and O–H groups in total. The molecule has 1 aliphatic heterocycles. The first-order chi connectivity index (χ1) is 11.6. The van der Waals surface area contributed by atoms with Crippen molar-refractivity contribution >= 4 is 32.3 Å². The number of sulfone groups is 1. The fraction of sp³-hybridized carbons (Fsp3) is 0.625. The lowest BCUT2D eigenvalue weighted by Crippen LogP contribution is -2.38. The Labute approximate surface area is 161 Å². The molecule has 1 saturated heterocycles. The molecular weight excluding hydrogens is 400 g/mol. The van der Waals surface area contributed by atoms with Crippen molar-refractivity contribution in [3.63, 3.8) is 0 Å². The van der Waals surface area contributed by atoms with E-state index in [-0.39, 0.29) is 45.8 Å². The number of ether oxygens (including phenoxy) is 1. The third kappa shape index (κ3) is 3.87. The van der Waals surface area contributed by atoms with E-state index in [0.29, 0.717) is 13.1 Å². The Morgan fingerprint density at radius 2 is 1.85 bits per heavy atom. The molecule has 0 bridgehead atoms. The maximum Gasteiger partial charge on any atom is 0.246 e. The lowest BCUT2D eigenvalue weighted by atomic mass is 9.78. The normalized spacial score (nSPS) is 26.8. The van der Waals surface area contributed by atoms with Crippen LogP contribution in [0.5, 0.6) is 5.75 Å². The number of benzene rings is 1. The fourth-order valence-corrected chi connectivity index (χ4v) is 6.34. The average Bonchev–Trinajstić information content (AvgIpc) is 3.00. The number of fused-ring (bicyclic) bond motifs is 1. The maximum absolute atomic E-state index is 13.2. The summed E-state index contributed by atoms with van der Waals surface area (Å²) in [7, 11) is -6.01. The van der Waals surface area contributed by atoms with Gasteiger partial charge < -0.3 is 10.5 Å². The summed E-state index contributed by atoms with van der Waals surface area (Å²) >= 11 is 0. The molecule has 2 fully saturated rings. The zero-order chi connectivity index (χ0) is 18.4. The van der Waals surface area contributed by atoms with E-state index in [0.717, 1.165) is 25.5 Å². The Balaban J connectivity index is 0.00000243. The molecule has 1 aliphatic carbocycles. The minimum Gasteiger partial charge on any atom is -0.495 e. The molecule has 7 nitrogen and oxygen atoms in total. The predicted molar refractivity (Wildman–Crippen MR) is 101 cm³/mol. The largest absolute Gasteiger partial charge is 0.495 e. The lowest BCUT2D eigenvalue weighted by Gasteiger charge is -2.29. The SMILES string of the molecule is COc1ccc(S(C)(=O)=O)cc1S(=O)(=O)N1CC2CCCC(N)C2C1.Cl. The number of halogens is 1. The highest BCUT2D eigenvalue weighted by atomic mass is 35.5. The predicted octanol–water partition coefficient (Wildman–Crippen LogP) is 1.27. The number of nitrogens with zero attached hydrogens (tertiary/aromatic N) is 1. The van der Waals surface area contributed by atoms with Crippen LogP contribution in [0.15, 0.2) is 28.0 Å². The summed E-state index contributed by atoms with van der Waals surface area (Å²) in [6.45, 7) is 0.799. The molecule has 1 heterocycles. The molecule has 148 valence electrons. The minimum absolute atomic E-state index is 0. The second-order valence-corrected chi connectivity index (χ2v) is 10.8. The standard InChI is InChI=1S/C16H24N2O5S2.ClH/c1-23-15-7-6-12(24(2,19)20)8-16(15)25(21,22)18-9-11-4-3-5-14(17)13(11)10-18;/h6-8,11,13-14H,3-5,9-10,17H2,1-2H3;1H. The van der Waals surface area contributed by atoms with Crippen LogP contribution < -0.4 is 10.5 Å². The van der Waals surface area contributed by atoms with Gasteiger partial charge in [0.1, 0.15) is 10.6 Å². The van der Waals surface area contributed by atoms with Crippen LogP contribution >= 0.6 is 12.4 Å². The van der Waals surface area contributed by atoms with Gasteiger partial charge >= 0.3 is 0 Å². The molecule has 10 heteroatoms. The zero-order valence-corrected chi connectivity index (χ0v) is 17.2. The number of sulfonamides is 1. The number of nitrogens with two attached hydrogens (primary N) is 1. The van der Waals surface area contributed by atoms with Gasteiger partial charge in [-0.1, -0.05) is 6.42 Å². The van der Waals surface area contributed by atoms with Crippen molar-refractivity contribution in [3.05, 3.63) is 18.2 Å². The molecule has 0 radical (unpaired) electrons. The molecule has 3 rings (SSSR count). The molecule has 0 amide bonds. The Hall–Kier alpha value is -0.870. The molecule has 26 heavy (non-hydrogen) atoms. The summed E-state index contributed by atoms with van der Waals surface area (Å²) in [5.41, 5.74) is 6.18. The summed E-state index contributed by atoms with van der Waals surface area (Å²) < 4.78 is 56.5. The molecule has 2 aliphatic rings.